The number of amides is 1. The van der Waals surface area contributed by atoms with Crippen LogP contribution in [0.15, 0.2) is 18.2 Å². The van der Waals surface area contributed by atoms with Gasteiger partial charge in [-0.15, -0.1) is 12.4 Å². The van der Waals surface area contributed by atoms with Gasteiger partial charge in [0.2, 0.25) is 0 Å². The van der Waals surface area contributed by atoms with Gasteiger partial charge >= 0.3 is 0 Å². The fourth-order valence-electron chi connectivity index (χ4n) is 3.12. The molecule has 1 amide bonds. The van der Waals surface area contributed by atoms with Crippen LogP contribution < -0.4 is 10.6 Å². The average molecular weight is 356 g/mol. The van der Waals surface area contributed by atoms with Gasteiger partial charge in [0.05, 0.1) is 4.92 Å². The fraction of sp³-hybridized carbons (Fsp3) is 0.588. The first-order chi connectivity index (χ1) is 11.1. The van der Waals surface area contributed by atoms with E-state index in [-0.39, 0.29) is 29.6 Å². The Morgan fingerprint density at radius 3 is 2.50 bits per heavy atom. The van der Waals surface area contributed by atoms with Crippen molar-refractivity contribution in [3.8, 4) is 0 Å². The molecule has 0 saturated heterocycles. The molecule has 1 aliphatic rings. The predicted octanol–water partition coefficient (Wildman–Crippen LogP) is 3.37. The Bertz CT molecular complexity index is 558. The van der Waals surface area contributed by atoms with E-state index in [2.05, 4.69) is 10.6 Å². The van der Waals surface area contributed by atoms with Gasteiger partial charge in [0, 0.05) is 25.2 Å². The molecule has 0 heterocycles. The maximum absolute atomic E-state index is 12.3. The van der Waals surface area contributed by atoms with Gasteiger partial charge in [0.25, 0.3) is 11.6 Å². The summed E-state index contributed by atoms with van der Waals surface area (Å²) in [7, 11) is 0. The van der Waals surface area contributed by atoms with Gasteiger partial charge in [-0.05, 0) is 25.3 Å². The summed E-state index contributed by atoms with van der Waals surface area (Å²) in [5.74, 6) is -0.377. The molecular formula is C17H26ClN3O3. The Balaban J connectivity index is 0.00000288. The third-order valence-electron chi connectivity index (χ3n) is 4.37. The molecule has 1 saturated carbocycles. The summed E-state index contributed by atoms with van der Waals surface area (Å²) in [5.41, 5.74) is 0.639. The van der Waals surface area contributed by atoms with Crippen molar-refractivity contribution in [2.75, 3.05) is 13.1 Å². The first kappa shape index (κ1) is 20.4. The molecule has 0 unspecified atom stereocenters. The average Bonchev–Trinajstić information content (AvgIpc) is 2.79. The number of halogens is 1. The minimum Gasteiger partial charge on any atom is -0.351 e. The summed E-state index contributed by atoms with van der Waals surface area (Å²) in [6.07, 6.45) is 7.53. The number of nitrogens with one attached hydrogen (secondary N) is 2. The lowest BCUT2D eigenvalue weighted by atomic mass is 10.1. The number of nitrogens with zero attached hydrogens (tertiary/aromatic N) is 1. The molecule has 7 heteroatoms. The van der Waals surface area contributed by atoms with E-state index >= 15 is 0 Å². The maximum atomic E-state index is 12.3. The van der Waals surface area contributed by atoms with Crippen LogP contribution in [0.25, 0.3) is 0 Å². The SMILES string of the molecule is Cc1cccc([N+](=O)[O-])c1C(=O)NCCNC1CCCCCC1.Cl. The summed E-state index contributed by atoms with van der Waals surface area (Å²) < 4.78 is 0. The molecule has 0 radical (unpaired) electrons. The second kappa shape index (κ2) is 10.3. The van der Waals surface area contributed by atoms with Crippen molar-refractivity contribution >= 4 is 24.0 Å². The van der Waals surface area contributed by atoms with Crippen molar-refractivity contribution < 1.29 is 9.72 Å². The lowest BCUT2D eigenvalue weighted by molar-refractivity contribution is -0.385. The number of carbonyl (C=O) groups excluding carboxylic acids is 1. The molecule has 1 aromatic rings. The molecule has 6 nitrogen and oxygen atoms in total. The largest absolute Gasteiger partial charge is 0.351 e. The highest BCUT2D eigenvalue weighted by atomic mass is 35.5. The summed E-state index contributed by atoms with van der Waals surface area (Å²) in [5, 5.41) is 17.3. The monoisotopic (exact) mass is 355 g/mol. The van der Waals surface area contributed by atoms with Gasteiger partial charge < -0.3 is 10.6 Å². The third kappa shape index (κ3) is 5.76. The highest BCUT2D eigenvalue weighted by Crippen LogP contribution is 2.21. The molecule has 1 fully saturated rings. The van der Waals surface area contributed by atoms with Crippen LogP contribution in [0.4, 0.5) is 5.69 Å². The van der Waals surface area contributed by atoms with Crippen molar-refractivity contribution in [2.24, 2.45) is 0 Å². The second-order valence-electron chi connectivity index (χ2n) is 6.12. The van der Waals surface area contributed by atoms with E-state index in [0.29, 0.717) is 24.7 Å². The zero-order valence-electron chi connectivity index (χ0n) is 14.0. The standard InChI is InChI=1S/C17H25N3O3.ClH/c1-13-7-6-10-15(20(22)23)16(13)17(21)19-12-11-18-14-8-4-2-3-5-9-14;/h6-7,10,14,18H,2-5,8-9,11-12H2,1H3,(H,19,21);1H. The van der Waals surface area contributed by atoms with Crippen molar-refractivity contribution in [2.45, 2.75) is 51.5 Å². The fourth-order valence-corrected chi connectivity index (χ4v) is 3.12. The maximum Gasteiger partial charge on any atom is 0.282 e. The Labute approximate surface area is 149 Å². The van der Waals surface area contributed by atoms with E-state index < -0.39 is 4.92 Å². The molecule has 0 aliphatic heterocycles. The smallest absolute Gasteiger partial charge is 0.282 e. The topological polar surface area (TPSA) is 84.3 Å². The van der Waals surface area contributed by atoms with Crippen LogP contribution in [0.2, 0.25) is 0 Å². The number of rotatable bonds is 6. The zero-order chi connectivity index (χ0) is 16.7. The Morgan fingerprint density at radius 1 is 1.21 bits per heavy atom. The number of nitro benzene ring substituents is 1. The summed E-state index contributed by atoms with van der Waals surface area (Å²) >= 11 is 0. The number of hydrogen-bond acceptors (Lipinski definition) is 4. The normalized spacial score (nSPS) is 15.2. The first-order valence-electron chi connectivity index (χ1n) is 8.35. The van der Waals surface area contributed by atoms with Gasteiger partial charge in [-0.1, -0.05) is 37.8 Å². The highest BCUT2D eigenvalue weighted by molar-refractivity contribution is 5.99. The summed E-state index contributed by atoms with van der Waals surface area (Å²) in [6, 6.07) is 5.21. The molecule has 2 N–H and O–H groups in total. The van der Waals surface area contributed by atoms with E-state index in [1.165, 1.54) is 44.6 Å². The highest BCUT2D eigenvalue weighted by Gasteiger charge is 2.21. The summed E-state index contributed by atoms with van der Waals surface area (Å²) in [6.45, 7) is 2.88. The lowest BCUT2D eigenvalue weighted by Gasteiger charge is -2.16. The van der Waals surface area contributed by atoms with Gasteiger partial charge in [0.15, 0.2) is 0 Å². The Kier molecular flexibility index (Phi) is 8.71. The van der Waals surface area contributed by atoms with Crippen LogP contribution in [-0.4, -0.2) is 30.0 Å². The molecule has 2 rings (SSSR count). The quantitative estimate of drug-likeness (QED) is 0.354. The van der Waals surface area contributed by atoms with E-state index in [1.807, 2.05) is 0 Å². The van der Waals surface area contributed by atoms with E-state index in [4.69, 9.17) is 0 Å². The number of hydrogen-bond donors (Lipinski definition) is 2. The van der Waals surface area contributed by atoms with Crippen LogP contribution in [0.3, 0.4) is 0 Å². The predicted molar refractivity (Wildman–Crippen MR) is 96.9 cm³/mol. The molecule has 0 spiro atoms. The zero-order valence-corrected chi connectivity index (χ0v) is 14.9. The second-order valence-corrected chi connectivity index (χ2v) is 6.12. The molecule has 1 aliphatic carbocycles. The minimum absolute atomic E-state index is 0. The molecule has 1 aromatic carbocycles. The Morgan fingerprint density at radius 2 is 1.88 bits per heavy atom. The number of benzene rings is 1. The minimum atomic E-state index is -0.508. The molecule has 0 atom stereocenters. The molecule has 134 valence electrons. The summed E-state index contributed by atoms with van der Waals surface area (Å²) in [4.78, 5) is 22.8. The van der Waals surface area contributed by atoms with Crippen LogP contribution in [0, 0.1) is 17.0 Å². The van der Waals surface area contributed by atoms with Crippen LogP contribution in [0.5, 0.6) is 0 Å². The van der Waals surface area contributed by atoms with Crippen molar-refractivity contribution in [3.05, 3.63) is 39.4 Å². The van der Waals surface area contributed by atoms with Gasteiger partial charge in [-0.3, -0.25) is 14.9 Å². The number of aryl methyl sites for hydroxylation is 1. The number of nitro groups is 1. The molecule has 0 bridgehead atoms. The Hall–Kier alpha value is -1.66. The van der Waals surface area contributed by atoms with E-state index in [9.17, 15) is 14.9 Å². The first-order valence-corrected chi connectivity index (χ1v) is 8.35. The van der Waals surface area contributed by atoms with E-state index in [0.717, 1.165) is 0 Å². The van der Waals surface area contributed by atoms with Crippen LogP contribution >= 0.6 is 12.4 Å². The van der Waals surface area contributed by atoms with Crippen LogP contribution in [0.1, 0.15) is 54.4 Å². The van der Waals surface area contributed by atoms with E-state index in [1.54, 1.807) is 19.1 Å². The van der Waals surface area contributed by atoms with Gasteiger partial charge in [-0.2, -0.15) is 0 Å². The van der Waals surface area contributed by atoms with Crippen LogP contribution in [-0.2, 0) is 0 Å². The third-order valence-corrected chi connectivity index (χ3v) is 4.37. The molecule has 0 aromatic heterocycles. The van der Waals surface area contributed by atoms with Gasteiger partial charge in [0.1, 0.15) is 5.56 Å². The number of carbonyl (C=O) groups is 1. The van der Waals surface area contributed by atoms with Crippen molar-refractivity contribution in [1.82, 2.24) is 10.6 Å². The molecular weight excluding hydrogens is 330 g/mol. The van der Waals surface area contributed by atoms with Gasteiger partial charge in [-0.25, -0.2) is 0 Å². The molecule has 24 heavy (non-hydrogen) atoms. The van der Waals surface area contributed by atoms with Crippen molar-refractivity contribution in [1.29, 1.82) is 0 Å². The van der Waals surface area contributed by atoms with Crippen molar-refractivity contribution in [3.63, 3.8) is 0 Å². The lowest BCUT2D eigenvalue weighted by Crippen LogP contribution is -2.37.